The fraction of sp³-hybridized carbons (Fsp3) is 0.200. The van der Waals surface area contributed by atoms with E-state index in [9.17, 15) is 0 Å². The molecule has 1 aliphatic rings. The van der Waals surface area contributed by atoms with Crippen LogP contribution in [-0.2, 0) is 37.4 Å². The molecule has 3 nitrogen and oxygen atoms in total. The first-order chi connectivity index (χ1) is 8.72. The van der Waals surface area contributed by atoms with Gasteiger partial charge in [0.05, 0.1) is 0 Å². The van der Waals surface area contributed by atoms with E-state index >= 15 is 0 Å². The zero-order valence-corrected chi connectivity index (χ0v) is 14.1. The van der Waals surface area contributed by atoms with Gasteiger partial charge in [0.15, 0.2) is 6.79 Å². The summed E-state index contributed by atoms with van der Waals surface area (Å²) in [6.07, 6.45) is 7.03. The maximum atomic E-state index is 5.35. The Bertz CT molecular complexity index is 491. The molecule has 0 aliphatic carbocycles. The molecule has 0 amide bonds. The van der Waals surface area contributed by atoms with Crippen molar-refractivity contribution in [3.63, 3.8) is 0 Å². The quantitative estimate of drug-likeness (QED) is 0.626. The van der Waals surface area contributed by atoms with E-state index in [0.717, 1.165) is 22.7 Å². The van der Waals surface area contributed by atoms with Gasteiger partial charge in [0, 0.05) is 46.9 Å². The Kier molecular flexibility index (Phi) is 6.49. The minimum atomic E-state index is 0. The van der Waals surface area contributed by atoms with E-state index in [0.29, 0.717) is 0 Å². The van der Waals surface area contributed by atoms with Gasteiger partial charge in [-0.05, 0) is 17.8 Å². The van der Waals surface area contributed by atoms with E-state index in [-0.39, 0.29) is 39.5 Å². The van der Waals surface area contributed by atoms with E-state index in [1.807, 2.05) is 48.4 Å². The van der Waals surface area contributed by atoms with E-state index < -0.39 is 0 Å². The number of hydrogen-bond acceptors (Lipinski definition) is 3. The van der Waals surface area contributed by atoms with Gasteiger partial charge in [0.2, 0.25) is 0 Å². The normalized spacial score (nSPS) is 13.9. The molecule has 1 radical (unpaired) electrons. The summed E-state index contributed by atoms with van der Waals surface area (Å²) >= 11 is 0. The topological polar surface area (TPSA) is 21.7 Å². The fourth-order valence-electron chi connectivity index (χ4n) is 1.68. The van der Waals surface area contributed by atoms with Crippen LogP contribution in [0.25, 0.3) is 5.70 Å². The summed E-state index contributed by atoms with van der Waals surface area (Å²) in [6.45, 7) is 4.22. The van der Waals surface area contributed by atoms with Gasteiger partial charge in [-0.2, -0.15) is 12.2 Å². The first kappa shape index (κ1) is 16.2. The number of benzene rings is 1. The molecule has 1 aromatic rings. The van der Waals surface area contributed by atoms with Crippen molar-refractivity contribution in [3.8, 4) is 5.75 Å². The van der Waals surface area contributed by atoms with Gasteiger partial charge in [-0.3, -0.25) is 0 Å². The number of methoxy groups -OCH3 is 1. The molecule has 0 atom stereocenters. The van der Waals surface area contributed by atoms with Gasteiger partial charge in [-0.15, -0.1) is 18.2 Å². The summed E-state index contributed by atoms with van der Waals surface area (Å²) in [5.41, 5.74) is 3.03. The van der Waals surface area contributed by atoms with Gasteiger partial charge in [-0.25, -0.2) is 0 Å². The van der Waals surface area contributed by atoms with Crippen molar-refractivity contribution in [2.75, 3.05) is 21.0 Å². The zero-order chi connectivity index (χ0) is 13.0. The average molecular weight is 331 g/mol. The predicted octanol–water partition coefficient (Wildman–Crippen LogP) is 2.83. The summed E-state index contributed by atoms with van der Waals surface area (Å²) in [6, 6.07) is 7.82. The van der Waals surface area contributed by atoms with Crippen molar-refractivity contribution in [2.24, 2.45) is 0 Å². The second-order valence-corrected chi connectivity index (χ2v) is 3.95. The Morgan fingerprint density at radius 1 is 1.26 bits per heavy atom. The van der Waals surface area contributed by atoms with E-state index in [1.165, 1.54) is 0 Å². The number of allylic oxidation sites excluding steroid dienone is 3. The van der Waals surface area contributed by atoms with Crippen LogP contribution >= 0.6 is 0 Å². The minimum absolute atomic E-state index is 0. The molecule has 0 unspecified atom stereocenters. The van der Waals surface area contributed by atoms with Crippen molar-refractivity contribution in [3.05, 3.63) is 60.3 Å². The van der Waals surface area contributed by atoms with Crippen molar-refractivity contribution in [1.82, 2.24) is 4.90 Å². The Balaban J connectivity index is 0.00000180. The molecule has 0 bridgehead atoms. The van der Waals surface area contributed by atoms with Gasteiger partial charge >= 0.3 is 0 Å². The molecule has 0 aromatic heterocycles. The third kappa shape index (κ3) is 4.03. The number of ether oxygens (including phenoxy) is 2. The van der Waals surface area contributed by atoms with Crippen molar-refractivity contribution in [1.29, 1.82) is 0 Å². The summed E-state index contributed by atoms with van der Waals surface area (Å²) in [4.78, 5) is 2.00. The maximum Gasteiger partial charge on any atom is 0.188 e. The summed E-state index contributed by atoms with van der Waals surface area (Å²) in [7, 11) is 3.58. The minimum Gasteiger partial charge on any atom is -0.468 e. The molecule has 0 N–H and O–H groups in total. The standard InChI is InChI=1S/C15H16NO2.Y/c1-12-5-4-6-15(16(12)2)13-7-9-14(10-8-13)18-11-17-3;/h4-5,7-10H,1,11H2,2-3H3;/q-1;. The number of likely N-dealkylation sites (N-methyl/N-ethyl adjacent to an activating group) is 1. The second-order valence-electron chi connectivity index (χ2n) is 3.95. The van der Waals surface area contributed by atoms with Crippen molar-refractivity contribution in [2.45, 2.75) is 0 Å². The van der Waals surface area contributed by atoms with E-state index in [1.54, 1.807) is 7.11 Å². The number of hydrogen-bond donors (Lipinski definition) is 0. The SMILES string of the molecule is C=C1C=C[C-]=C(c2ccc(OCOC)cc2)N1C.[Y]. The molecular weight excluding hydrogens is 315 g/mol. The summed E-state index contributed by atoms with van der Waals surface area (Å²) in [5, 5.41) is 0. The van der Waals surface area contributed by atoms with Crippen LogP contribution in [-0.4, -0.2) is 25.9 Å². The number of rotatable bonds is 4. The second kappa shape index (κ2) is 7.63. The predicted molar refractivity (Wildman–Crippen MR) is 71.6 cm³/mol. The Hall–Kier alpha value is -0.896. The molecular formula is C15H16NO2Y-. The monoisotopic (exact) mass is 331 g/mol. The van der Waals surface area contributed by atoms with Crippen LogP contribution in [0.2, 0.25) is 0 Å². The van der Waals surface area contributed by atoms with Gasteiger partial charge in [0.1, 0.15) is 5.75 Å². The fourth-order valence-corrected chi connectivity index (χ4v) is 1.68. The third-order valence-electron chi connectivity index (χ3n) is 2.73. The average Bonchev–Trinajstić information content (AvgIpc) is 2.40. The molecule has 0 saturated carbocycles. The van der Waals surface area contributed by atoms with Gasteiger partial charge < -0.3 is 14.4 Å². The molecule has 1 aromatic carbocycles. The Labute approximate surface area is 139 Å². The van der Waals surface area contributed by atoms with Crippen LogP contribution in [0.15, 0.2) is 48.7 Å². The van der Waals surface area contributed by atoms with Gasteiger partial charge in [0.25, 0.3) is 0 Å². The molecule has 19 heavy (non-hydrogen) atoms. The molecule has 2 rings (SSSR count). The van der Waals surface area contributed by atoms with E-state index in [2.05, 4.69) is 12.7 Å². The maximum absolute atomic E-state index is 5.35. The summed E-state index contributed by atoms with van der Waals surface area (Å²) in [5.74, 6) is 0.786. The summed E-state index contributed by atoms with van der Waals surface area (Å²) < 4.78 is 10.2. The van der Waals surface area contributed by atoms with Crippen LogP contribution in [0.3, 0.4) is 0 Å². The van der Waals surface area contributed by atoms with Crippen molar-refractivity contribution < 1.29 is 42.2 Å². The molecule has 0 fully saturated rings. The first-order valence-electron chi connectivity index (χ1n) is 5.67. The smallest absolute Gasteiger partial charge is 0.188 e. The molecule has 0 spiro atoms. The van der Waals surface area contributed by atoms with Gasteiger partial charge in [-0.1, -0.05) is 17.8 Å². The van der Waals surface area contributed by atoms with Crippen LogP contribution in [0.4, 0.5) is 0 Å². The Morgan fingerprint density at radius 3 is 2.58 bits per heavy atom. The largest absolute Gasteiger partial charge is 0.468 e. The molecule has 97 valence electrons. The number of nitrogens with zero attached hydrogens (tertiary/aromatic N) is 1. The van der Waals surface area contributed by atoms with E-state index in [4.69, 9.17) is 9.47 Å². The molecule has 4 heteroatoms. The van der Waals surface area contributed by atoms with Crippen LogP contribution in [0, 0.1) is 6.08 Å². The van der Waals surface area contributed by atoms with Crippen LogP contribution < -0.4 is 4.74 Å². The van der Waals surface area contributed by atoms with Crippen LogP contribution in [0.5, 0.6) is 5.75 Å². The third-order valence-corrected chi connectivity index (χ3v) is 2.73. The molecule has 1 heterocycles. The molecule has 1 aliphatic heterocycles. The van der Waals surface area contributed by atoms with Crippen LogP contribution in [0.1, 0.15) is 5.56 Å². The Morgan fingerprint density at radius 2 is 1.95 bits per heavy atom. The first-order valence-corrected chi connectivity index (χ1v) is 5.67. The van der Waals surface area contributed by atoms with Crippen molar-refractivity contribution >= 4 is 5.70 Å². The molecule has 0 saturated heterocycles. The zero-order valence-electron chi connectivity index (χ0n) is 11.2.